The second-order valence-corrected chi connectivity index (χ2v) is 4.04. The summed E-state index contributed by atoms with van der Waals surface area (Å²) in [6.07, 6.45) is 3.47. The molecule has 1 aromatic rings. The number of hydrogen-bond donors (Lipinski definition) is 0. The van der Waals surface area contributed by atoms with Gasteiger partial charge < -0.3 is 9.47 Å². The van der Waals surface area contributed by atoms with Crippen molar-refractivity contribution in [1.82, 2.24) is 0 Å². The van der Waals surface area contributed by atoms with Gasteiger partial charge in [0, 0.05) is 0 Å². The van der Waals surface area contributed by atoms with Gasteiger partial charge >= 0.3 is 0 Å². The van der Waals surface area contributed by atoms with E-state index in [1.807, 2.05) is 12.1 Å². The molecule has 0 atom stereocenters. The number of para-hydroxylation sites is 1. The summed E-state index contributed by atoms with van der Waals surface area (Å²) in [5.41, 5.74) is 1.25. The molecule has 0 N–H and O–H groups in total. The lowest BCUT2D eigenvalue weighted by molar-refractivity contribution is 0.348. The van der Waals surface area contributed by atoms with Crippen molar-refractivity contribution >= 4 is 0 Å². The van der Waals surface area contributed by atoms with E-state index >= 15 is 0 Å². The van der Waals surface area contributed by atoms with E-state index in [1.165, 1.54) is 18.4 Å². The topological polar surface area (TPSA) is 18.5 Å². The fourth-order valence-corrected chi connectivity index (χ4v) is 2.00. The molecule has 0 amide bonds. The van der Waals surface area contributed by atoms with Crippen LogP contribution >= 0.6 is 0 Å². The zero-order valence-electron chi connectivity index (χ0n) is 10.7. The molecule has 2 nitrogen and oxygen atoms in total. The molecule has 1 aromatic carbocycles. The van der Waals surface area contributed by atoms with E-state index in [0.29, 0.717) is 0 Å². The molecule has 1 rings (SSSR count). The van der Waals surface area contributed by atoms with Crippen molar-refractivity contribution in [2.24, 2.45) is 5.92 Å². The van der Waals surface area contributed by atoms with E-state index in [2.05, 4.69) is 19.9 Å². The minimum absolute atomic E-state index is 0.723. The van der Waals surface area contributed by atoms with E-state index in [9.17, 15) is 0 Å². The summed E-state index contributed by atoms with van der Waals surface area (Å²) in [6, 6.07) is 6.09. The van der Waals surface area contributed by atoms with Crippen LogP contribution in [0.4, 0.5) is 0 Å². The third kappa shape index (κ3) is 2.91. The van der Waals surface area contributed by atoms with E-state index < -0.39 is 0 Å². The average Bonchev–Trinajstić information content (AvgIpc) is 2.35. The summed E-state index contributed by atoms with van der Waals surface area (Å²) < 4.78 is 10.7. The van der Waals surface area contributed by atoms with E-state index in [-0.39, 0.29) is 0 Å². The first-order valence-corrected chi connectivity index (χ1v) is 5.96. The van der Waals surface area contributed by atoms with Gasteiger partial charge in [0.05, 0.1) is 14.2 Å². The molecule has 90 valence electrons. The lowest BCUT2D eigenvalue weighted by atomic mass is 9.94. The first-order chi connectivity index (χ1) is 7.76. The van der Waals surface area contributed by atoms with Gasteiger partial charge in [0.2, 0.25) is 0 Å². The Hall–Kier alpha value is -1.18. The van der Waals surface area contributed by atoms with Crippen molar-refractivity contribution < 1.29 is 9.47 Å². The highest BCUT2D eigenvalue weighted by atomic mass is 16.5. The Morgan fingerprint density at radius 3 is 2.25 bits per heavy atom. The van der Waals surface area contributed by atoms with Crippen LogP contribution in [0.25, 0.3) is 0 Å². The van der Waals surface area contributed by atoms with Crippen LogP contribution < -0.4 is 9.47 Å². The SMILES string of the molecule is CCC(CC)Cc1cccc(OC)c1OC. The van der Waals surface area contributed by atoms with Crippen LogP contribution in [0.1, 0.15) is 32.3 Å². The maximum absolute atomic E-state index is 5.43. The molecule has 0 saturated heterocycles. The molecule has 0 fully saturated rings. The van der Waals surface area contributed by atoms with E-state index in [0.717, 1.165) is 23.8 Å². The average molecular weight is 222 g/mol. The number of hydrogen-bond acceptors (Lipinski definition) is 2. The molecule has 16 heavy (non-hydrogen) atoms. The summed E-state index contributed by atoms with van der Waals surface area (Å²) in [5, 5.41) is 0. The van der Waals surface area contributed by atoms with Crippen molar-refractivity contribution in [2.45, 2.75) is 33.1 Å². The second-order valence-electron chi connectivity index (χ2n) is 4.04. The van der Waals surface area contributed by atoms with E-state index in [4.69, 9.17) is 9.47 Å². The highest BCUT2D eigenvalue weighted by Crippen LogP contribution is 2.33. The van der Waals surface area contributed by atoms with Gasteiger partial charge in [-0.1, -0.05) is 38.8 Å². The van der Waals surface area contributed by atoms with Crippen LogP contribution in [-0.2, 0) is 6.42 Å². The summed E-state index contributed by atoms with van der Waals surface area (Å²) in [5.74, 6) is 2.43. The van der Waals surface area contributed by atoms with Gasteiger partial charge in [0.25, 0.3) is 0 Å². The Kier molecular flexibility index (Phi) is 5.17. The van der Waals surface area contributed by atoms with E-state index in [1.54, 1.807) is 14.2 Å². The Morgan fingerprint density at radius 2 is 1.75 bits per heavy atom. The van der Waals surface area contributed by atoms with Crippen LogP contribution in [0, 0.1) is 5.92 Å². The predicted molar refractivity (Wildman–Crippen MR) is 67.3 cm³/mol. The van der Waals surface area contributed by atoms with Crippen LogP contribution in [0.3, 0.4) is 0 Å². The molecule has 0 radical (unpaired) electrons. The Bertz CT molecular complexity index is 317. The summed E-state index contributed by atoms with van der Waals surface area (Å²) in [6.45, 7) is 4.47. The van der Waals surface area contributed by atoms with Gasteiger partial charge in [-0.2, -0.15) is 0 Å². The quantitative estimate of drug-likeness (QED) is 0.731. The molecule has 0 aromatic heterocycles. The summed E-state index contributed by atoms with van der Waals surface area (Å²) in [4.78, 5) is 0. The van der Waals surface area contributed by atoms with Crippen LogP contribution in [0.2, 0.25) is 0 Å². The van der Waals surface area contributed by atoms with Gasteiger partial charge in [-0.15, -0.1) is 0 Å². The lowest BCUT2D eigenvalue weighted by Crippen LogP contribution is -2.04. The Labute approximate surface area is 98.6 Å². The van der Waals surface area contributed by atoms with Crippen LogP contribution in [-0.4, -0.2) is 14.2 Å². The van der Waals surface area contributed by atoms with Crippen LogP contribution in [0.5, 0.6) is 11.5 Å². The van der Waals surface area contributed by atoms with Crippen molar-refractivity contribution in [3.05, 3.63) is 23.8 Å². The zero-order chi connectivity index (χ0) is 12.0. The fraction of sp³-hybridized carbons (Fsp3) is 0.571. The van der Waals surface area contributed by atoms with Gasteiger partial charge in [-0.05, 0) is 24.0 Å². The molecule has 0 aliphatic heterocycles. The van der Waals surface area contributed by atoms with Gasteiger partial charge in [-0.25, -0.2) is 0 Å². The van der Waals surface area contributed by atoms with Gasteiger partial charge in [0.1, 0.15) is 0 Å². The molecule has 0 aliphatic rings. The monoisotopic (exact) mass is 222 g/mol. The zero-order valence-corrected chi connectivity index (χ0v) is 10.7. The third-order valence-corrected chi connectivity index (χ3v) is 3.15. The number of ether oxygens (including phenoxy) is 2. The number of rotatable bonds is 6. The highest BCUT2D eigenvalue weighted by Gasteiger charge is 2.12. The normalized spacial score (nSPS) is 10.6. The fourth-order valence-electron chi connectivity index (χ4n) is 2.00. The molecule has 0 heterocycles. The van der Waals surface area contributed by atoms with Crippen molar-refractivity contribution in [3.8, 4) is 11.5 Å². The highest BCUT2D eigenvalue weighted by molar-refractivity contribution is 5.46. The van der Waals surface area contributed by atoms with Crippen LogP contribution in [0.15, 0.2) is 18.2 Å². The molecular weight excluding hydrogens is 200 g/mol. The molecule has 2 heteroatoms. The predicted octanol–water partition coefficient (Wildman–Crippen LogP) is 3.68. The molecule has 0 aliphatic carbocycles. The maximum Gasteiger partial charge on any atom is 0.163 e. The third-order valence-electron chi connectivity index (χ3n) is 3.15. The molecule has 0 unspecified atom stereocenters. The molecular formula is C14H22O2. The molecule has 0 bridgehead atoms. The maximum atomic E-state index is 5.43. The smallest absolute Gasteiger partial charge is 0.163 e. The Balaban J connectivity index is 2.94. The minimum atomic E-state index is 0.723. The summed E-state index contributed by atoms with van der Waals surface area (Å²) in [7, 11) is 3.38. The van der Waals surface area contributed by atoms with Gasteiger partial charge in [-0.3, -0.25) is 0 Å². The first kappa shape index (κ1) is 12.9. The molecule has 0 saturated carbocycles. The molecule has 0 spiro atoms. The lowest BCUT2D eigenvalue weighted by Gasteiger charge is -2.16. The van der Waals surface area contributed by atoms with Crippen molar-refractivity contribution in [2.75, 3.05) is 14.2 Å². The van der Waals surface area contributed by atoms with Gasteiger partial charge in [0.15, 0.2) is 11.5 Å². The first-order valence-electron chi connectivity index (χ1n) is 5.96. The second kappa shape index (κ2) is 6.41. The Morgan fingerprint density at radius 1 is 1.06 bits per heavy atom. The van der Waals surface area contributed by atoms with Crippen molar-refractivity contribution in [3.63, 3.8) is 0 Å². The van der Waals surface area contributed by atoms with Crippen molar-refractivity contribution in [1.29, 1.82) is 0 Å². The number of benzene rings is 1. The minimum Gasteiger partial charge on any atom is -0.493 e. The summed E-state index contributed by atoms with van der Waals surface area (Å²) >= 11 is 0. The standard InChI is InChI=1S/C14H22O2/c1-5-11(6-2)10-12-8-7-9-13(15-3)14(12)16-4/h7-9,11H,5-6,10H2,1-4H3. The largest absolute Gasteiger partial charge is 0.493 e. The number of methoxy groups -OCH3 is 2.